The topological polar surface area (TPSA) is 72.7 Å². The average Bonchev–Trinajstić information content (AvgIpc) is 2.34. The first-order valence-corrected chi connectivity index (χ1v) is 7.32. The van der Waals surface area contributed by atoms with Gasteiger partial charge in [0.25, 0.3) is 5.69 Å². The fourth-order valence-corrected chi connectivity index (χ4v) is 2.42. The van der Waals surface area contributed by atoms with Crippen LogP contribution < -0.4 is 0 Å². The van der Waals surface area contributed by atoms with Gasteiger partial charge in [-0.2, -0.15) is 0 Å². The van der Waals surface area contributed by atoms with Crippen molar-refractivity contribution >= 4 is 11.7 Å². The first-order valence-electron chi connectivity index (χ1n) is 7.32. The molecule has 1 aliphatic heterocycles. The SMILES string of the molecule is Cc1cc([N+](=O)[O-])c(C)cc1C1CN(OC(=O)C(C)(C)C)C1. The van der Waals surface area contributed by atoms with E-state index in [4.69, 9.17) is 4.84 Å². The van der Waals surface area contributed by atoms with E-state index in [-0.39, 0.29) is 22.5 Å². The van der Waals surface area contributed by atoms with E-state index in [0.29, 0.717) is 18.7 Å². The van der Waals surface area contributed by atoms with Crippen molar-refractivity contribution in [2.24, 2.45) is 5.41 Å². The first-order chi connectivity index (χ1) is 10.1. The van der Waals surface area contributed by atoms with Crippen molar-refractivity contribution in [1.29, 1.82) is 0 Å². The molecule has 0 atom stereocenters. The molecule has 1 heterocycles. The maximum atomic E-state index is 11.8. The number of nitro groups is 1. The molecule has 0 unspecified atom stereocenters. The van der Waals surface area contributed by atoms with Crippen LogP contribution in [0.15, 0.2) is 12.1 Å². The van der Waals surface area contributed by atoms with E-state index in [0.717, 1.165) is 11.1 Å². The number of aryl methyl sites for hydroxylation is 2. The molecule has 1 saturated heterocycles. The number of nitrogens with zero attached hydrogens (tertiary/aromatic N) is 2. The lowest BCUT2D eigenvalue weighted by Crippen LogP contribution is -2.47. The van der Waals surface area contributed by atoms with Gasteiger partial charge in [-0.05, 0) is 51.8 Å². The summed E-state index contributed by atoms with van der Waals surface area (Å²) in [5.41, 5.74) is 2.29. The van der Waals surface area contributed by atoms with Crippen molar-refractivity contribution in [3.63, 3.8) is 0 Å². The predicted molar refractivity (Wildman–Crippen MR) is 82.4 cm³/mol. The van der Waals surface area contributed by atoms with Crippen LogP contribution in [0.2, 0.25) is 0 Å². The largest absolute Gasteiger partial charge is 0.367 e. The van der Waals surface area contributed by atoms with Crippen molar-refractivity contribution in [3.8, 4) is 0 Å². The Balaban J connectivity index is 2.04. The summed E-state index contributed by atoms with van der Waals surface area (Å²) in [7, 11) is 0. The van der Waals surface area contributed by atoms with Crippen LogP contribution in [0.3, 0.4) is 0 Å². The molecule has 120 valence electrons. The zero-order chi connectivity index (χ0) is 16.7. The summed E-state index contributed by atoms with van der Waals surface area (Å²) >= 11 is 0. The summed E-state index contributed by atoms with van der Waals surface area (Å²) in [6.07, 6.45) is 0. The summed E-state index contributed by atoms with van der Waals surface area (Å²) in [4.78, 5) is 27.7. The van der Waals surface area contributed by atoms with E-state index in [1.807, 2.05) is 33.8 Å². The molecule has 0 amide bonds. The molecule has 6 nitrogen and oxygen atoms in total. The Labute approximate surface area is 130 Å². The summed E-state index contributed by atoms with van der Waals surface area (Å²) < 4.78 is 0. The van der Waals surface area contributed by atoms with E-state index in [9.17, 15) is 14.9 Å². The van der Waals surface area contributed by atoms with E-state index >= 15 is 0 Å². The molecular formula is C16H22N2O4. The summed E-state index contributed by atoms with van der Waals surface area (Å²) in [5, 5.41) is 12.6. The lowest BCUT2D eigenvalue weighted by molar-refractivity contribution is -0.385. The van der Waals surface area contributed by atoms with Gasteiger partial charge in [-0.1, -0.05) is 0 Å². The number of carbonyl (C=O) groups excluding carboxylic acids is 1. The quantitative estimate of drug-likeness (QED) is 0.633. The minimum atomic E-state index is -0.523. The highest BCUT2D eigenvalue weighted by molar-refractivity contribution is 5.75. The predicted octanol–water partition coefficient (Wildman–Crippen LogP) is 3.12. The summed E-state index contributed by atoms with van der Waals surface area (Å²) in [5.74, 6) is -0.00479. The summed E-state index contributed by atoms with van der Waals surface area (Å²) in [6, 6.07) is 3.50. The maximum absolute atomic E-state index is 11.8. The van der Waals surface area contributed by atoms with Crippen molar-refractivity contribution < 1.29 is 14.6 Å². The zero-order valence-electron chi connectivity index (χ0n) is 13.7. The van der Waals surface area contributed by atoms with Crippen molar-refractivity contribution in [3.05, 3.63) is 38.9 Å². The first kappa shape index (κ1) is 16.4. The molecule has 22 heavy (non-hydrogen) atoms. The Morgan fingerprint density at radius 1 is 1.27 bits per heavy atom. The molecule has 0 saturated carbocycles. The standard InChI is InChI=1S/C16H22N2O4/c1-10-7-14(18(20)21)11(2)6-13(10)12-8-17(9-12)22-15(19)16(3,4)5/h6-7,12H,8-9H2,1-5H3. The molecule has 0 bridgehead atoms. The van der Waals surface area contributed by atoms with Gasteiger partial charge in [-0.15, -0.1) is 5.06 Å². The van der Waals surface area contributed by atoms with Gasteiger partial charge in [-0.3, -0.25) is 10.1 Å². The number of nitro benzene ring substituents is 1. The number of hydroxylamine groups is 2. The molecule has 6 heteroatoms. The number of hydrogen-bond donors (Lipinski definition) is 0. The highest BCUT2D eigenvalue weighted by Crippen LogP contribution is 2.33. The van der Waals surface area contributed by atoms with Crippen LogP contribution in [0, 0.1) is 29.4 Å². The second-order valence-corrected chi connectivity index (χ2v) is 6.93. The average molecular weight is 306 g/mol. The van der Waals surface area contributed by atoms with Crippen LogP contribution in [-0.2, 0) is 9.63 Å². The third-order valence-corrected chi connectivity index (χ3v) is 3.89. The Hall–Kier alpha value is -1.95. The Kier molecular flexibility index (Phi) is 4.24. The van der Waals surface area contributed by atoms with E-state index in [1.165, 1.54) is 0 Å². The van der Waals surface area contributed by atoms with Gasteiger partial charge in [-0.25, -0.2) is 4.79 Å². The Bertz CT molecular complexity index is 613. The Morgan fingerprint density at radius 3 is 2.36 bits per heavy atom. The van der Waals surface area contributed by atoms with Crippen LogP contribution >= 0.6 is 0 Å². The van der Waals surface area contributed by atoms with Crippen molar-refractivity contribution in [2.45, 2.75) is 40.5 Å². The normalized spacial score (nSPS) is 16.2. The van der Waals surface area contributed by atoms with Gasteiger partial charge in [0, 0.05) is 30.6 Å². The number of carbonyl (C=O) groups is 1. The molecule has 0 N–H and O–H groups in total. The third kappa shape index (κ3) is 3.27. The fraction of sp³-hybridized carbons (Fsp3) is 0.562. The van der Waals surface area contributed by atoms with Crippen LogP contribution in [0.4, 0.5) is 5.69 Å². The van der Waals surface area contributed by atoms with Gasteiger partial charge in [0.05, 0.1) is 10.3 Å². The lowest BCUT2D eigenvalue weighted by Gasteiger charge is -2.39. The lowest BCUT2D eigenvalue weighted by atomic mass is 9.88. The van der Waals surface area contributed by atoms with E-state index in [2.05, 4.69) is 0 Å². The van der Waals surface area contributed by atoms with Gasteiger partial charge in [0.15, 0.2) is 0 Å². The number of hydrogen-bond acceptors (Lipinski definition) is 5. The second-order valence-electron chi connectivity index (χ2n) is 6.93. The summed E-state index contributed by atoms with van der Waals surface area (Å²) in [6.45, 7) is 10.3. The minimum Gasteiger partial charge on any atom is -0.367 e. The molecule has 1 aromatic carbocycles. The maximum Gasteiger partial charge on any atom is 0.330 e. The molecule has 1 aromatic rings. The molecule has 1 aliphatic rings. The zero-order valence-corrected chi connectivity index (χ0v) is 13.7. The van der Waals surface area contributed by atoms with Crippen molar-refractivity contribution in [2.75, 3.05) is 13.1 Å². The number of rotatable bonds is 3. The monoisotopic (exact) mass is 306 g/mol. The van der Waals surface area contributed by atoms with Gasteiger partial charge >= 0.3 is 5.97 Å². The molecule has 1 fully saturated rings. The van der Waals surface area contributed by atoms with E-state index in [1.54, 1.807) is 18.1 Å². The van der Waals surface area contributed by atoms with Crippen LogP contribution in [0.5, 0.6) is 0 Å². The van der Waals surface area contributed by atoms with E-state index < -0.39 is 5.41 Å². The van der Waals surface area contributed by atoms with Crippen molar-refractivity contribution in [1.82, 2.24) is 5.06 Å². The van der Waals surface area contributed by atoms with Gasteiger partial charge in [0.2, 0.25) is 0 Å². The molecule has 0 aromatic heterocycles. The van der Waals surface area contributed by atoms with Crippen LogP contribution in [-0.4, -0.2) is 29.0 Å². The fourth-order valence-electron chi connectivity index (χ4n) is 2.42. The Morgan fingerprint density at radius 2 is 1.86 bits per heavy atom. The molecular weight excluding hydrogens is 284 g/mol. The highest BCUT2D eigenvalue weighted by atomic mass is 16.7. The molecule has 0 aliphatic carbocycles. The van der Waals surface area contributed by atoms with Gasteiger partial charge < -0.3 is 4.84 Å². The third-order valence-electron chi connectivity index (χ3n) is 3.89. The molecule has 0 radical (unpaired) electrons. The highest BCUT2D eigenvalue weighted by Gasteiger charge is 2.35. The van der Waals surface area contributed by atoms with Gasteiger partial charge in [0.1, 0.15) is 0 Å². The minimum absolute atomic E-state index is 0.150. The van der Waals surface area contributed by atoms with Crippen LogP contribution in [0.1, 0.15) is 43.4 Å². The second kappa shape index (κ2) is 5.68. The number of benzene rings is 1. The smallest absolute Gasteiger partial charge is 0.330 e. The molecule has 2 rings (SSSR count). The molecule has 0 spiro atoms. The van der Waals surface area contributed by atoms with Crippen LogP contribution in [0.25, 0.3) is 0 Å².